The van der Waals surface area contributed by atoms with Crippen molar-refractivity contribution in [2.45, 2.75) is 26.4 Å². The Hall–Kier alpha value is -2.67. The minimum atomic E-state index is -0.246. The van der Waals surface area contributed by atoms with Crippen molar-refractivity contribution in [2.75, 3.05) is 5.32 Å². The van der Waals surface area contributed by atoms with Gasteiger partial charge in [-0.05, 0) is 43.7 Å². The zero-order valence-corrected chi connectivity index (χ0v) is 14.4. The zero-order valence-electron chi connectivity index (χ0n) is 13.6. The molecule has 0 aliphatic rings. The molecule has 0 radical (unpaired) electrons. The fourth-order valence-electron chi connectivity index (χ4n) is 2.01. The fraction of sp³-hybridized carbons (Fsp3) is 0.235. The molecule has 0 bridgehead atoms. The van der Waals surface area contributed by atoms with Gasteiger partial charge in [0.2, 0.25) is 0 Å². The first-order valence-corrected chi connectivity index (χ1v) is 7.99. The van der Waals surface area contributed by atoms with Crippen LogP contribution in [0.3, 0.4) is 0 Å². The maximum absolute atomic E-state index is 12.1. The van der Waals surface area contributed by atoms with Crippen LogP contribution in [0.15, 0.2) is 42.6 Å². The summed E-state index contributed by atoms with van der Waals surface area (Å²) in [5.41, 5.74) is 2.05. The number of aromatic amines is 1. The van der Waals surface area contributed by atoms with Crippen LogP contribution in [0.1, 0.15) is 29.8 Å². The quantitative estimate of drug-likeness (QED) is 0.628. The van der Waals surface area contributed by atoms with Crippen LogP contribution >= 0.6 is 12.2 Å². The topological polar surface area (TPSA) is 86.0 Å². The highest BCUT2D eigenvalue weighted by molar-refractivity contribution is 7.71. The number of nitrogens with one attached hydrogen (secondary N) is 4. The first-order valence-electron chi connectivity index (χ1n) is 7.58. The van der Waals surface area contributed by atoms with Crippen molar-refractivity contribution in [1.29, 1.82) is 0 Å². The number of aromatic nitrogens is 1. The van der Waals surface area contributed by atoms with E-state index in [4.69, 9.17) is 12.2 Å². The summed E-state index contributed by atoms with van der Waals surface area (Å²) in [7, 11) is 0. The third kappa shape index (κ3) is 5.20. The second kappa shape index (κ2) is 8.26. The highest BCUT2D eigenvalue weighted by Gasteiger charge is 2.07. The molecule has 3 amide bonds. The highest BCUT2D eigenvalue weighted by atomic mass is 32.1. The second-order valence-corrected chi connectivity index (χ2v) is 5.95. The Morgan fingerprint density at radius 1 is 1.17 bits per heavy atom. The molecule has 6 nitrogen and oxygen atoms in total. The highest BCUT2D eigenvalue weighted by Crippen LogP contribution is 2.10. The van der Waals surface area contributed by atoms with E-state index in [9.17, 15) is 9.59 Å². The number of hydrogen-bond donors (Lipinski definition) is 4. The van der Waals surface area contributed by atoms with Crippen LogP contribution in [0.2, 0.25) is 0 Å². The fourth-order valence-corrected chi connectivity index (χ4v) is 2.24. The molecule has 2 aromatic rings. The molecule has 1 aromatic carbocycles. The van der Waals surface area contributed by atoms with Crippen molar-refractivity contribution in [3.05, 3.63) is 58.4 Å². The Morgan fingerprint density at radius 3 is 2.50 bits per heavy atom. The molecule has 2 rings (SSSR count). The van der Waals surface area contributed by atoms with E-state index in [1.165, 1.54) is 0 Å². The van der Waals surface area contributed by atoms with Crippen LogP contribution in [-0.4, -0.2) is 23.0 Å². The monoisotopic (exact) mass is 344 g/mol. The standard InChI is InChI=1S/C17H20N4O2S/c1-11(2)20-17(23)21-13-7-5-12(6-8-13)10-19-15(22)14-4-3-9-18-16(14)24/h3-9,11H,10H2,1-2H3,(H,18,24)(H,19,22)(H2,20,21,23). The first-order chi connectivity index (χ1) is 11.5. The molecule has 0 aliphatic heterocycles. The van der Waals surface area contributed by atoms with Gasteiger partial charge in [0.05, 0.1) is 5.56 Å². The number of H-pyrrole nitrogens is 1. The van der Waals surface area contributed by atoms with E-state index in [1.54, 1.807) is 30.5 Å². The normalized spacial score (nSPS) is 10.3. The van der Waals surface area contributed by atoms with E-state index in [1.807, 2.05) is 26.0 Å². The molecule has 24 heavy (non-hydrogen) atoms. The number of benzene rings is 1. The number of hydrogen-bond acceptors (Lipinski definition) is 3. The van der Waals surface area contributed by atoms with Gasteiger partial charge in [-0.25, -0.2) is 4.79 Å². The van der Waals surface area contributed by atoms with E-state index in [0.717, 1.165) is 5.56 Å². The lowest BCUT2D eigenvalue weighted by Crippen LogP contribution is -2.34. The number of carbonyl (C=O) groups is 2. The molecule has 0 saturated carbocycles. The molecule has 7 heteroatoms. The van der Waals surface area contributed by atoms with Gasteiger partial charge in [-0.1, -0.05) is 24.4 Å². The maximum atomic E-state index is 12.1. The third-order valence-electron chi connectivity index (χ3n) is 3.15. The molecule has 0 unspecified atom stereocenters. The summed E-state index contributed by atoms with van der Waals surface area (Å²) in [6.45, 7) is 4.16. The molecule has 4 N–H and O–H groups in total. The third-order valence-corrected chi connectivity index (χ3v) is 3.49. The predicted octanol–water partition coefficient (Wildman–Crippen LogP) is 3.20. The van der Waals surface area contributed by atoms with Gasteiger partial charge in [-0.3, -0.25) is 4.79 Å². The van der Waals surface area contributed by atoms with Gasteiger partial charge < -0.3 is 20.9 Å². The molecule has 0 saturated heterocycles. The smallest absolute Gasteiger partial charge is 0.319 e. The SMILES string of the molecule is CC(C)NC(=O)Nc1ccc(CNC(=O)c2ccc[nH]c2=S)cc1. The Kier molecular flexibility index (Phi) is 6.08. The average Bonchev–Trinajstić information content (AvgIpc) is 2.53. The van der Waals surface area contributed by atoms with E-state index in [2.05, 4.69) is 20.9 Å². The van der Waals surface area contributed by atoms with Crippen LogP contribution < -0.4 is 16.0 Å². The lowest BCUT2D eigenvalue weighted by atomic mass is 10.2. The van der Waals surface area contributed by atoms with Crippen molar-refractivity contribution in [3.8, 4) is 0 Å². The summed E-state index contributed by atoms with van der Waals surface area (Å²) in [5.74, 6) is -0.227. The molecule has 0 fully saturated rings. The van der Waals surface area contributed by atoms with Gasteiger partial charge in [-0.2, -0.15) is 0 Å². The van der Waals surface area contributed by atoms with E-state index in [-0.39, 0.29) is 18.0 Å². The van der Waals surface area contributed by atoms with E-state index in [0.29, 0.717) is 22.4 Å². The van der Waals surface area contributed by atoms with Crippen LogP contribution in [0.5, 0.6) is 0 Å². The second-order valence-electron chi connectivity index (χ2n) is 5.55. The largest absolute Gasteiger partial charge is 0.352 e. The zero-order chi connectivity index (χ0) is 17.5. The van der Waals surface area contributed by atoms with Crippen molar-refractivity contribution in [3.63, 3.8) is 0 Å². The van der Waals surface area contributed by atoms with Gasteiger partial charge >= 0.3 is 6.03 Å². The van der Waals surface area contributed by atoms with Crippen molar-refractivity contribution in [1.82, 2.24) is 15.6 Å². The van der Waals surface area contributed by atoms with Crippen LogP contribution in [-0.2, 0) is 6.54 Å². The van der Waals surface area contributed by atoms with E-state index >= 15 is 0 Å². The molecule has 0 aliphatic carbocycles. The lowest BCUT2D eigenvalue weighted by molar-refractivity contribution is 0.0950. The number of amides is 3. The molecule has 1 heterocycles. The number of pyridine rings is 1. The summed E-state index contributed by atoms with van der Waals surface area (Å²) in [6.07, 6.45) is 1.68. The van der Waals surface area contributed by atoms with Gasteiger partial charge in [0.25, 0.3) is 5.91 Å². The van der Waals surface area contributed by atoms with Gasteiger partial charge in [0, 0.05) is 24.5 Å². The van der Waals surface area contributed by atoms with Crippen LogP contribution in [0, 0.1) is 4.64 Å². The van der Waals surface area contributed by atoms with Gasteiger partial charge in [-0.15, -0.1) is 0 Å². The number of urea groups is 1. The van der Waals surface area contributed by atoms with Crippen LogP contribution in [0.4, 0.5) is 10.5 Å². The summed E-state index contributed by atoms with van der Waals surface area (Å²) in [4.78, 5) is 26.5. The molecule has 0 atom stereocenters. The molecule has 1 aromatic heterocycles. The molecule has 0 spiro atoms. The average molecular weight is 344 g/mol. The molecule has 126 valence electrons. The van der Waals surface area contributed by atoms with Crippen molar-refractivity contribution >= 4 is 29.8 Å². The Bertz CT molecular complexity index is 769. The van der Waals surface area contributed by atoms with Gasteiger partial charge in [0.1, 0.15) is 4.64 Å². The van der Waals surface area contributed by atoms with Crippen molar-refractivity contribution < 1.29 is 9.59 Å². The summed E-state index contributed by atoms with van der Waals surface area (Å²) >= 11 is 5.08. The van der Waals surface area contributed by atoms with Crippen LogP contribution in [0.25, 0.3) is 0 Å². The number of anilines is 1. The van der Waals surface area contributed by atoms with E-state index < -0.39 is 0 Å². The first kappa shape index (κ1) is 17.7. The number of carbonyl (C=O) groups excluding carboxylic acids is 2. The summed E-state index contributed by atoms with van der Waals surface area (Å²) in [6, 6.07) is 10.5. The summed E-state index contributed by atoms with van der Waals surface area (Å²) < 4.78 is 0.408. The molecular formula is C17H20N4O2S. The predicted molar refractivity (Wildman–Crippen MR) is 96.5 cm³/mol. The minimum absolute atomic E-state index is 0.0731. The Morgan fingerprint density at radius 2 is 1.88 bits per heavy atom. The van der Waals surface area contributed by atoms with Gasteiger partial charge in [0.15, 0.2) is 0 Å². The Balaban J connectivity index is 1.90. The summed E-state index contributed by atoms with van der Waals surface area (Å²) in [5, 5.41) is 8.31. The van der Waals surface area contributed by atoms with Crippen molar-refractivity contribution in [2.24, 2.45) is 0 Å². The Labute approximate surface area is 145 Å². The number of rotatable bonds is 5. The maximum Gasteiger partial charge on any atom is 0.319 e. The minimum Gasteiger partial charge on any atom is -0.352 e. The lowest BCUT2D eigenvalue weighted by Gasteiger charge is -2.11. The molecular weight excluding hydrogens is 324 g/mol.